The van der Waals surface area contributed by atoms with Crippen molar-refractivity contribution in [1.82, 2.24) is 19.9 Å². The minimum Gasteiger partial charge on any atom is -0.355 e. The van der Waals surface area contributed by atoms with E-state index in [9.17, 15) is 0 Å². The van der Waals surface area contributed by atoms with E-state index in [4.69, 9.17) is 9.97 Å². The van der Waals surface area contributed by atoms with E-state index in [2.05, 4.69) is 200 Å². The van der Waals surface area contributed by atoms with Crippen molar-refractivity contribution in [3.8, 4) is 22.3 Å². The summed E-state index contributed by atoms with van der Waals surface area (Å²) >= 11 is 0. The van der Waals surface area contributed by atoms with E-state index in [0.29, 0.717) is 0 Å². The first-order valence-corrected chi connectivity index (χ1v) is 18.8. The highest BCUT2D eigenvalue weighted by molar-refractivity contribution is 5.96. The van der Waals surface area contributed by atoms with Crippen molar-refractivity contribution in [2.45, 2.75) is 52.4 Å². The fourth-order valence-electron chi connectivity index (χ4n) is 7.78. The molecule has 2 fully saturated rings. The standard InChI is InChI=1S/C50H44N4/c1-49(2,3)35-19-15-33(16-20-35)47-41-27-23-37(51-41)45(31-11-7-8-12-31)39-25-29-43(53-39)48(34-17-21-36(22-18-34)50(4,5)6)44-30-26-40(54-44)46(32-13-9-10-14-32)38-24-28-42(47)52-38/h7-30,51-52H,1-6H3. The van der Waals surface area contributed by atoms with Crippen molar-refractivity contribution in [2.24, 2.45) is 0 Å². The maximum Gasteiger partial charge on any atom is 0.0737 e. The molecule has 0 saturated heterocycles. The lowest BCUT2D eigenvalue weighted by atomic mass is 9.86. The Hall–Kier alpha value is -4.96. The Morgan fingerprint density at radius 1 is 0.370 bits per heavy atom. The van der Waals surface area contributed by atoms with Gasteiger partial charge in [0.2, 0.25) is 0 Å². The number of nitrogens with zero attached hydrogens (tertiary/aromatic N) is 2. The number of hydrogen-bond donors (Lipinski definition) is 2. The normalized spacial score (nSPS) is 16.6. The van der Waals surface area contributed by atoms with Gasteiger partial charge in [-0.15, -0.1) is 0 Å². The van der Waals surface area contributed by atoms with Crippen molar-refractivity contribution in [1.29, 1.82) is 0 Å². The van der Waals surface area contributed by atoms with E-state index in [1.165, 1.54) is 11.1 Å². The lowest BCUT2D eigenvalue weighted by Gasteiger charge is -2.19. The third-order valence-electron chi connectivity index (χ3n) is 10.7. The number of fused-ring (bicyclic) bond motifs is 8. The summed E-state index contributed by atoms with van der Waals surface area (Å²) in [6.07, 6.45) is 25.6. The molecule has 5 heterocycles. The molecule has 10 radical (unpaired) electrons. The summed E-state index contributed by atoms with van der Waals surface area (Å²) in [6, 6.07) is 26.7. The predicted molar refractivity (Wildman–Crippen MR) is 226 cm³/mol. The second-order valence-electron chi connectivity index (χ2n) is 16.5. The van der Waals surface area contributed by atoms with Crippen LogP contribution >= 0.6 is 0 Å². The smallest absolute Gasteiger partial charge is 0.0737 e. The molecule has 2 N–H and O–H groups in total. The zero-order valence-corrected chi connectivity index (χ0v) is 31.8. The largest absolute Gasteiger partial charge is 0.355 e. The van der Waals surface area contributed by atoms with E-state index in [0.717, 1.165) is 90.1 Å². The van der Waals surface area contributed by atoms with Crippen LogP contribution in [0.5, 0.6) is 0 Å². The SMILES string of the molecule is CC(C)(C)c1ccc(-c2c3nc(c([C]4[CH][CH][CH][CH]4)c4ccc([nH]4)c(-c4ccc(C(C)(C)C)cc4)c4ccc([nH]4)c([C]4[CH][CH][CH][CH]4)c4nc2C=C4)C=C3)cc1. The molecule has 9 rings (SSSR count). The van der Waals surface area contributed by atoms with Gasteiger partial charge in [-0.05, 0) is 133 Å². The zero-order valence-electron chi connectivity index (χ0n) is 31.8. The maximum atomic E-state index is 5.41. The number of H-pyrrole nitrogens is 2. The molecule has 0 atom stereocenters. The summed E-state index contributed by atoms with van der Waals surface area (Å²) in [5.41, 5.74) is 16.8. The van der Waals surface area contributed by atoms with Crippen LogP contribution in [0.15, 0.2) is 72.8 Å². The van der Waals surface area contributed by atoms with Crippen LogP contribution in [0, 0.1) is 63.2 Å². The Bertz CT molecular complexity index is 2330. The topological polar surface area (TPSA) is 57.4 Å². The van der Waals surface area contributed by atoms with Crippen LogP contribution in [-0.2, 0) is 10.8 Å². The minimum absolute atomic E-state index is 0.0465. The summed E-state index contributed by atoms with van der Waals surface area (Å²) in [7, 11) is 0. The van der Waals surface area contributed by atoms with E-state index in [1.807, 2.05) is 0 Å². The van der Waals surface area contributed by atoms with Crippen LogP contribution in [0.25, 0.3) is 68.6 Å². The average molecular weight is 701 g/mol. The molecule has 2 saturated carbocycles. The highest BCUT2D eigenvalue weighted by atomic mass is 14.8. The van der Waals surface area contributed by atoms with Gasteiger partial charge in [0.05, 0.1) is 22.8 Å². The van der Waals surface area contributed by atoms with E-state index >= 15 is 0 Å². The number of aromatic nitrogens is 4. The van der Waals surface area contributed by atoms with Gasteiger partial charge >= 0.3 is 0 Å². The van der Waals surface area contributed by atoms with Crippen LogP contribution in [0.4, 0.5) is 0 Å². The van der Waals surface area contributed by atoms with Crippen molar-refractivity contribution in [3.63, 3.8) is 0 Å². The lowest BCUT2D eigenvalue weighted by Crippen LogP contribution is -2.10. The molecular formula is C50H44N4. The fraction of sp³-hybridized carbons (Fsp3) is 0.160. The molecule has 2 aliphatic carbocycles. The molecule has 264 valence electrons. The quantitative estimate of drug-likeness (QED) is 0.192. The zero-order chi connectivity index (χ0) is 37.2. The van der Waals surface area contributed by atoms with Crippen LogP contribution < -0.4 is 0 Å². The Labute approximate surface area is 320 Å². The average Bonchev–Trinajstić information content (AvgIpc) is 4.00. The predicted octanol–water partition coefficient (Wildman–Crippen LogP) is 12.1. The molecule has 0 spiro atoms. The van der Waals surface area contributed by atoms with Crippen LogP contribution in [-0.4, -0.2) is 19.9 Å². The van der Waals surface area contributed by atoms with E-state index in [1.54, 1.807) is 0 Å². The maximum absolute atomic E-state index is 5.41. The molecule has 4 nitrogen and oxygen atoms in total. The number of nitrogens with one attached hydrogen (secondary N) is 2. The summed E-state index contributed by atoms with van der Waals surface area (Å²) < 4.78 is 0. The Balaban J connectivity index is 1.38. The first-order valence-electron chi connectivity index (χ1n) is 18.8. The Morgan fingerprint density at radius 3 is 1.04 bits per heavy atom. The number of benzene rings is 2. The third-order valence-corrected chi connectivity index (χ3v) is 10.7. The molecule has 5 aromatic rings. The van der Waals surface area contributed by atoms with Crippen molar-refractivity contribution in [3.05, 3.63) is 181 Å². The van der Waals surface area contributed by atoms with Gasteiger partial charge in [-0.3, -0.25) is 0 Å². The second-order valence-corrected chi connectivity index (χ2v) is 16.5. The molecular weight excluding hydrogens is 657 g/mol. The van der Waals surface area contributed by atoms with Crippen LogP contribution in [0.3, 0.4) is 0 Å². The van der Waals surface area contributed by atoms with Crippen molar-refractivity contribution < 1.29 is 0 Å². The fourth-order valence-corrected chi connectivity index (χ4v) is 7.78. The van der Waals surface area contributed by atoms with Gasteiger partial charge in [-0.2, -0.15) is 0 Å². The monoisotopic (exact) mass is 700 g/mol. The molecule has 0 unspecified atom stereocenters. The summed E-state index contributed by atoms with van der Waals surface area (Å²) in [5.74, 6) is 2.23. The first kappa shape index (κ1) is 34.8. The molecule has 4 heteroatoms. The second kappa shape index (κ2) is 13.4. The van der Waals surface area contributed by atoms with Gasteiger partial charge in [0.25, 0.3) is 0 Å². The summed E-state index contributed by atoms with van der Waals surface area (Å²) in [4.78, 5) is 18.6. The summed E-state index contributed by atoms with van der Waals surface area (Å²) in [6.45, 7) is 13.5. The first-order chi connectivity index (χ1) is 26.0. The number of hydrogen-bond acceptors (Lipinski definition) is 2. The Kier molecular flexibility index (Phi) is 8.64. The van der Waals surface area contributed by atoms with E-state index in [-0.39, 0.29) is 10.8 Å². The summed E-state index contributed by atoms with van der Waals surface area (Å²) in [5, 5.41) is 0. The number of rotatable bonds is 4. The third kappa shape index (κ3) is 6.38. The molecule has 2 aliphatic heterocycles. The highest BCUT2D eigenvalue weighted by Gasteiger charge is 2.28. The van der Waals surface area contributed by atoms with Gasteiger partial charge in [-0.25, -0.2) is 9.97 Å². The lowest BCUT2D eigenvalue weighted by molar-refractivity contribution is 0.590. The molecule has 0 amide bonds. The van der Waals surface area contributed by atoms with Crippen molar-refractivity contribution in [2.75, 3.05) is 0 Å². The molecule has 2 aromatic carbocycles. The van der Waals surface area contributed by atoms with Gasteiger partial charge in [0, 0.05) is 56.2 Å². The van der Waals surface area contributed by atoms with Gasteiger partial charge in [0.1, 0.15) is 0 Å². The molecule has 4 aliphatic rings. The van der Waals surface area contributed by atoms with Crippen LogP contribution in [0.2, 0.25) is 0 Å². The van der Waals surface area contributed by atoms with Gasteiger partial charge in [-0.1, -0.05) is 90.1 Å². The highest BCUT2D eigenvalue weighted by Crippen LogP contribution is 2.41. The van der Waals surface area contributed by atoms with Gasteiger partial charge < -0.3 is 9.97 Å². The molecule has 8 bridgehead atoms. The van der Waals surface area contributed by atoms with Crippen molar-refractivity contribution >= 4 is 46.4 Å². The Morgan fingerprint density at radius 2 is 0.685 bits per heavy atom. The van der Waals surface area contributed by atoms with Gasteiger partial charge in [0.15, 0.2) is 0 Å². The van der Waals surface area contributed by atoms with E-state index < -0.39 is 0 Å². The minimum atomic E-state index is 0.0465. The molecule has 3 aromatic heterocycles. The van der Waals surface area contributed by atoms with Crippen LogP contribution in [0.1, 0.15) is 86.6 Å². The number of aromatic amines is 2. The molecule has 54 heavy (non-hydrogen) atoms.